The van der Waals surface area contributed by atoms with Gasteiger partial charge in [-0.05, 0) is 73.7 Å². The van der Waals surface area contributed by atoms with Crippen LogP contribution in [0.25, 0.3) is 11.1 Å². The van der Waals surface area contributed by atoms with Crippen molar-refractivity contribution in [3.8, 4) is 11.1 Å². The highest BCUT2D eigenvalue weighted by Crippen LogP contribution is 2.45. The molecule has 4 rings (SSSR count). The number of nitrogens with one attached hydrogen (secondary N) is 2. The minimum Gasteiger partial charge on any atom is -0.381 e. The Kier molecular flexibility index (Phi) is 3.42. The first-order valence-electron chi connectivity index (χ1n) is 8.42. The molecule has 1 fully saturated rings. The summed E-state index contributed by atoms with van der Waals surface area (Å²) in [4.78, 5) is 0. The second-order valence-electron chi connectivity index (χ2n) is 6.75. The summed E-state index contributed by atoms with van der Waals surface area (Å²) in [6.07, 6.45) is 2.44. The summed E-state index contributed by atoms with van der Waals surface area (Å²) in [5.41, 5.74) is 8.42. The average molecular weight is 292 g/mol. The first-order valence-corrected chi connectivity index (χ1v) is 8.42. The summed E-state index contributed by atoms with van der Waals surface area (Å²) in [6.45, 7) is 6.65. The van der Waals surface area contributed by atoms with Crippen LogP contribution in [0.15, 0.2) is 36.4 Å². The summed E-state index contributed by atoms with van der Waals surface area (Å²) in [5, 5.41) is 7.32. The molecule has 2 N–H and O–H groups in total. The summed E-state index contributed by atoms with van der Waals surface area (Å²) in [6, 6.07) is 14.2. The van der Waals surface area contributed by atoms with E-state index in [4.69, 9.17) is 0 Å². The summed E-state index contributed by atoms with van der Waals surface area (Å²) in [7, 11) is 0. The molecule has 0 aliphatic carbocycles. The van der Waals surface area contributed by atoms with E-state index in [1.165, 1.54) is 40.8 Å². The van der Waals surface area contributed by atoms with E-state index in [0.717, 1.165) is 13.1 Å². The Morgan fingerprint density at radius 2 is 1.82 bits per heavy atom. The van der Waals surface area contributed by atoms with Crippen LogP contribution < -0.4 is 10.6 Å². The summed E-state index contributed by atoms with van der Waals surface area (Å²) < 4.78 is 0. The zero-order valence-corrected chi connectivity index (χ0v) is 13.4. The van der Waals surface area contributed by atoms with Gasteiger partial charge in [-0.2, -0.15) is 0 Å². The van der Waals surface area contributed by atoms with Crippen molar-refractivity contribution in [3.05, 3.63) is 53.1 Å². The van der Waals surface area contributed by atoms with Crippen molar-refractivity contribution in [1.29, 1.82) is 0 Å². The summed E-state index contributed by atoms with van der Waals surface area (Å²) in [5.74, 6) is 0.641. The maximum atomic E-state index is 3.77. The standard InChI is InChI=1S/C20H24N2/c1-13-6-7-15(12-14(13)2)16-4-3-5-19-20(16)17-8-10-21-11-9-18(17)22-19/h3-7,12,17-18,21-22H,8-11H2,1-2H3/t17-,18+/m1/s1. The van der Waals surface area contributed by atoms with Crippen molar-refractivity contribution >= 4 is 5.69 Å². The molecule has 2 heterocycles. The zero-order chi connectivity index (χ0) is 15.1. The first-order chi connectivity index (χ1) is 10.7. The molecule has 22 heavy (non-hydrogen) atoms. The molecule has 0 spiro atoms. The number of benzene rings is 2. The van der Waals surface area contributed by atoms with Crippen LogP contribution in [0.1, 0.15) is 35.4 Å². The van der Waals surface area contributed by atoms with E-state index in [-0.39, 0.29) is 0 Å². The monoisotopic (exact) mass is 292 g/mol. The van der Waals surface area contributed by atoms with Gasteiger partial charge in [-0.15, -0.1) is 0 Å². The maximum absolute atomic E-state index is 3.77. The van der Waals surface area contributed by atoms with Crippen LogP contribution in [0.2, 0.25) is 0 Å². The van der Waals surface area contributed by atoms with Gasteiger partial charge in [-0.3, -0.25) is 0 Å². The van der Waals surface area contributed by atoms with E-state index in [1.54, 1.807) is 5.56 Å². The van der Waals surface area contributed by atoms with Crippen LogP contribution in [-0.4, -0.2) is 19.1 Å². The fourth-order valence-corrected chi connectivity index (χ4v) is 4.01. The Hall–Kier alpha value is -1.80. The van der Waals surface area contributed by atoms with Crippen molar-refractivity contribution < 1.29 is 0 Å². The Morgan fingerprint density at radius 1 is 0.955 bits per heavy atom. The third-order valence-electron chi connectivity index (χ3n) is 5.39. The zero-order valence-electron chi connectivity index (χ0n) is 13.4. The van der Waals surface area contributed by atoms with Crippen LogP contribution in [0.5, 0.6) is 0 Å². The van der Waals surface area contributed by atoms with E-state index in [0.29, 0.717) is 12.0 Å². The molecular formula is C20H24N2. The van der Waals surface area contributed by atoms with Crippen molar-refractivity contribution in [3.63, 3.8) is 0 Å². The van der Waals surface area contributed by atoms with E-state index in [1.807, 2.05) is 0 Å². The third-order valence-corrected chi connectivity index (χ3v) is 5.39. The smallest absolute Gasteiger partial charge is 0.0384 e. The fourth-order valence-electron chi connectivity index (χ4n) is 4.01. The molecule has 2 aliphatic rings. The lowest BCUT2D eigenvalue weighted by molar-refractivity contribution is 0.579. The molecule has 0 saturated carbocycles. The molecule has 2 aromatic rings. The topological polar surface area (TPSA) is 24.1 Å². The quantitative estimate of drug-likeness (QED) is 0.822. The number of anilines is 1. The van der Waals surface area contributed by atoms with Crippen molar-refractivity contribution in [2.75, 3.05) is 18.4 Å². The molecule has 2 aromatic carbocycles. The lowest BCUT2D eigenvalue weighted by Gasteiger charge is -2.18. The Labute approximate surface area is 132 Å². The van der Waals surface area contributed by atoms with Gasteiger partial charge < -0.3 is 10.6 Å². The molecule has 114 valence electrons. The van der Waals surface area contributed by atoms with Gasteiger partial charge in [0.15, 0.2) is 0 Å². The molecule has 0 radical (unpaired) electrons. The highest BCUT2D eigenvalue weighted by Gasteiger charge is 2.34. The molecule has 1 saturated heterocycles. The molecule has 2 atom stereocenters. The fraction of sp³-hybridized carbons (Fsp3) is 0.400. The third kappa shape index (κ3) is 2.22. The van der Waals surface area contributed by atoms with Crippen LogP contribution in [0, 0.1) is 13.8 Å². The predicted octanol–water partition coefficient (Wildman–Crippen LogP) is 4.23. The minimum absolute atomic E-state index is 0.595. The van der Waals surface area contributed by atoms with Gasteiger partial charge in [0.25, 0.3) is 0 Å². The molecule has 2 heteroatoms. The van der Waals surface area contributed by atoms with Gasteiger partial charge in [0.1, 0.15) is 0 Å². The van der Waals surface area contributed by atoms with Gasteiger partial charge in [-0.25, -0.2) is 0 Å². The van der Waals surface area contributed by atoms with Crippen molar-refractivity contribution in [2.45, 2.75) is 38.6 Å². The van der Waals surface area contributed by atoms with Crippen LogP contribution in [0.4, 0.5) is 5.69 Å². The number of aryl methyl sites for hydroxylation is 2. The number of hydrogen-bond acceptors (Lipinski definition) is 2. The van der Waals surface area contributed by atoms with E-state index >= 15 is 0 Å². The van der Waals surface area contributed by atoms with Crippen LogP contribution >= 0.6 is 0 Å². The molecule has 0 amide bonds. The van der Waals surface area contributed by atoms with Crippen LogP contribution in [-0.2, 0) is 0 Å². The number of hydrogen-bond donors (Lipinski definition) is 2. The summed E-state index contributed by atoms with van der Waals surface area (Å²) >= 11 is 0. The number of fused-ring (bicyclic) bond motifs is 3. The molecule has 0 unspecified atom stereocenters. The molecule has 0 aromatic heterocycles. The Bertz CT molecular complexity index is 705. The molecule has 2 aliphatic heterocycles. The highest BCUT2D eigenvalue weighted by molar-refractivity contribution is 5.78. The SMILES string of the molecule is Cc1ccc(-c2cccc3c2[C@@H]2CCNCC[C@@H]2N3)cc1C. The minimum atomic E-state index is 0.595. The Balaban J connectivity index is 1.82. The van der Waals surface area contributed by atoms with Gasteiger partial charge in [-0.1, -0.05) is 30.3 Å². The second kappa shape index (κ2) is 5.44. The highest BCUT2D eigenvalue weighted by atomic mass is 15.0. The normalized spacial score (nSPS) is 23.4. The lowest BCUT2D eigenvalue weighted by atomic mass is 9.85. The number of rotatable bonds is 1. The average Bonchev–Trinajstić information content (AvgIpc) is 2.72. The lowest BCUT2D eigenvalue weighted by Crippen LogP contribution is -2.21. The van der Waals surface area contributed by atoms with Gasteiger partial charge >= 0.3 is 0 Å². The van der Waals surface area contributed by atoms with E-state index < -0.39 is 0 Å². The largest absolute Gasteiger partial charge is 0.381 e. The van der Waals surface area contributed by atoms with Crippen LogP contribution in [0.3, 0.4) is 0 Å². The molecular weight excluding hydrogens is 268 g/mol. The van der Waals surface area contributed by atoms with E-state index in [9.17, 15) is 0 Å². The Morgan fingerprint density at radius 3 is 2.68 bits per heavy atom. The molecule has 2 nitrogen and oxygen atoms in total. The van der Waals surface area contributed by atoms with Crippen molar-refractivity contribution in [1.82, 2.24) is 5.32 Å². The van der Waals surface area contributed by atoms with Crippen molar-refractivity contribution in [2.24, 2.45) is 0 Å². The maximum Gasteiger partial charge on any atom is 0.0384 e. The van der Waals surface area contributed by atoms with Gasteiger partial charge in [0.05, 0.1) is 0 Å². The predicted molar refractivity (Wildman–Crippen MR) is 93.6 cm³/mol. The van der Waals surface area contributed by atoms with Gasteiger partial charge in [0, 0.05) is 17.6 Å². The first kappa shape index (κ1) is 13.8. The second-order valence-corrected chi connectivity index (χ2v) is 6.75. The van der Waals surface area contributed by atoms with E-state index in [2.05, 4.69) is 60.9 Å². The van der Waals surface area contributed by atoms with Gasteiger partial charge in [0.2, 0.25) is 0 Å². The molecule has 0 bridgehead atoms.